The monoisotopic (exact) mass is 434 g/mol. The highest BCUT2D eigenvalue weighted by molar-refractivity contribution is 9.10. The summed E-state index contributed by atoms with van der Waals surface area (Å²) in [5, 5.41) is 9.55. The Morgan fingerprint density at radius 3 is 2.67 bits per heavy atom. The Morgan fingerprint density at radius 1 is 1.15 bits per heavy atom. The molecule has 2 aromatic rings. The minimum absolute atomic E-state index is 0.00222. The smallest absolute Gasteiger partial charge is 0.325 e. The third-order valence-electron chi connectivity index (χ3n) is 4.74. The van der Waals surface area contributed by atoms with Crippen molar-refractivity contribution in [3.63, 3.8) is 0 Å². The van der Waals surface area contributed by atoms with Gasteiger partial charge < -0.3 is 19.5 Å². The van der Waals surface area contributed by atoms with Crippen molar-refractivity contribution < 1.29 is 19.4 Å². The molecule has 1 atom stereocenters. The van der Waals surface area contributed by atoms with Gasteiger partial charge in [-0.1, -0.05) is 12.1 Å². The van der Waals surface area contributed by atoms with E-state index in [-0.39, 0.29) is 18.7 Å². The molecule has 0 aromatic heterocycles. The van der Waals surface area contributed by atoms with Crippen molar-refractivity contribution in [1.29, 1.82) is 0 Å². The zero-order valence-electron chi connectivity index (χ0n) is 15.4. The van der Waals surface area contributed by atoms with Gasteiger partial charge in [0.15, 0.2) is 0 Å². The first-order valence-electron chi connectivity index (χ1n) is 8.75. The van der Waals surface area contributed by atoms with Crippen molar-refractivity contribution in [1.82, 2.24) is 4.90 Å². The normalized spacial score (nSPS) is 15.2. The van der Waals surface area contributed by atoms with E-state index in [0.29, 0.717) is 25.3 Å². The van der Waals surface area contributed by atoms with Gasteiger partial charge in [0.2, 0.25) is 0 Å². The number of hydrogen-bond donors (Lipinski definition) is 1. The number of amides is 2. The predicted molar refractivity (Wildman–Crippen MR) is 108 cm³/mol. The van der Waals surface area contributed by atoms with Gasteiger partial charge in [0.05, 0.1) is 24.7 Å². The summed E-state index contributed by atoms with van der Waals surface area (Å²) < 4.78 is 11.5. The molecule has 144 valence electrons. The number of methoxy groups -OCH3 is 2. The van der Waals surface area contributed by atoms with E-state index in [1.165, 1.54) is 0 Å². The molecule has 0 spiro atoms. The Balaban J connectivity index is 1.87. The highest BCUT2D eigenvalue weighted by atomic mass is 79.9. The minimum Gasteiger partial charge on any atom is -0.497 e. The van der Waals surface area contributed by atoms with E-state index >= 15 is 0 Å². The van der Waals surface area contributed by atoms with E-state index in [1.807, 2.05) is 42.5 Å². The summed E-state index contributed by atoms with van der Waals surface area (Å²) in [6.07, 6.45) is 0.469. The number of ether oxygens (including phenoxy) is 2. The fourth-order valence-electron chi connectivity index (χ4n) is 3.37. The molecule has 1 aliphatic heterocycles. The number of hydrogen-bond acceptors (Lipinski definition) is 4. The van der Waals surface area contributed by atoms with Gasteiger partial charge in [0.1, 0.15) is 11.5 Å². The molecule has 1 heterocycles. The first-order chi connectivity index (χ1) is 13.1. The molecule has 6 nitrogen and oxygen atoms in total. The molecule has 1 N–H and O–H groups in total. The molecule has 27 heavy (non-hydrogen) atoms. The number of nitrogens with zero attached hydrogens (tertiary/aromatic N) is 2. The third-order valence-corrected chi connectivity index (χ3v) is 5.40. The molecule has 3 rings (SSSR count). The second kappa shape index (κ2) is 8.63. The van der Waals surface area contributed by atoms with Crippen LogP contribution in [0.2, 0.25) is 0 Å². The van der Waals surface area contributed by atoms with Gasteiger partial charge >= 0.3 is 6.03 Å². The van der Waals surface area contributed by atoms with Crippen LogP contribution in [0.5, 0.6) is 11.5 Å². The summed E-state index contributed by atoms with van der Waals surface area (Å²) in [6, 6.07) is 13.0. The SMILES string of the molecule is COc1cccc(C(CCO)N2CCN(c3ccc(Br)c(OC)c3)C2=O)c1. The molecular weight excluding hydrogens is 412 g/mol. The zero-order chi connectivity index (χ0) is 19.4. The number of aliphatic hydroxyl groups excluding tert-OH is 1. The lowest BCUT2D eigenvalue weighted by Crippen LogP contribution is -2.35. The lowest BCUT2D eigenvalue weighted by atomic mass is 10.0. The van der Waals surface area contributed by atoms with Crippen LogP contribution in [0.3, 0.4) is 0 Å². The average molecular weight is 435 g/mol. The number of aliphatic hydroxyl groups is 1. The Hall–Kier alpha value is -2.25. The van der Waals surface area contributed by atoms with E-state index in [0.717, 1.165) is 21.5 Å². The molecule has 1 aliphatic rings. The van der Waals surface area contributed by atoms with Gasteiger partial charge in [0, 0.05) is 31.5 Å². The Labute approximate surface area is 167 Å². The second-order valence-electron chi connectivity index (χ2n) is 6.25. The number of carbonyl (C=O) groups is 1. The van der Waals surface area contributed by atoms with Crippen LogP contribution in [-0.4, -0.2) is 50.0 Å². The first-order valence-corrected chi connectivity index (χ1v) is 9.54. The molecule has 1 saturated heterocycles. The number of benzene rings is 2. The van der Waals surface area contributed by atoms with E-state index in [2.05, 4.69) is 15.9 Å². The van der Waals surface area contributed by atoms with Crippen LogP contribution in [0.1, 0.15) is 18.0 Å². The summed E-state index contributed by atoms with van der Waals surface area (Å²) in [5.74, 6) is 1.41. The zero-order valence-corrected chi connectivity index (χ0v) is 17.0. The van der Waals surface area contributed by atoms with Crippen molar-refractivity contribution in [3.05, 3.63) is 52.5 Å². The Morgan fingerprint density at radius 2 is 1.96 bits per heavy atom. The maximum atomic E-state index is 13.1. The highest BCUT2D eigenvalue weighted by Crippen LogP contribution is 2.34. The van der Waals surface area contributed by atoms with Crippen molar-refractivity contribution in [2.45, 2.75) is 12.5 Å². The summed E-state index contributed by atoms with van der Waals surface area (Å²) in [4.78, 5) is 16.7. The summed E-state index contributed by atoms with van der Waals surface area (Å²) in [6.45, 7) is 1.16. The van der Waals surface area contributed by atoms with E-state index < -0.39 is 0 Å². The Kier molecular flexibility index (Phi) is 6.23. The van der Waals surface area contributed by atoms with Crippen LogP contribution < -0.4 is 14.4 Å². The highest BCUT2D eigenvalue weighted by Gasteiger charge is 2.35. The van der Waals surface area contributed by atoms with Gasteiger partial charge in [-0.25, -0.2) is 4.79 Å². The predicted octanol–water partition coefficient (Wildman–Crippen LogP) is 3.83. The van der Waals surface area contributed by atoms with E-state index in [1.54, 1.807) is 24.0 Å². The average Bonchev–Trinajstić information content (AvgIpc) is 3.07. The van der Waals surface area contributed by atoms with Crippen molar-refractivity contribution in [2.75, 3.05) is 38.8 Å². The fourth-order valence-corrected chi connectivity index (χ4v) is 3.78. The van der Waals surface area contributed by atoms with E-state index in [9.17, 15) is 9.90 Å². The second-order valence-corrected chi connectivity index (χ2v) is 7.11. The van der Waals surface area contributed by atoms with Crippen LogP contribution in [0.15, 0.2) is 46.9 Å². The van der Waals surface area contributed by atoms with Crippen molar-refractivity contribution >= 4 is 27.6 Å². The van der Waals surface area contributed by atoms with Gasteiger partial charge in [-0.15, -0.1) is 0 Å². The molecule has 1 fully saturated rings. The number of carbonyl (C=O) groups excluding carboxylic acids is 1. The molecule has 0 aliphatic carbocycles. The standard InChI is InChI=1S/C20H23BrN2O4/c1-26-16-5-3-4-14(12-16)18(8-11-24)23-10-9-22(20(23)25)15-6-7-17(21)19(13-15)27-2/h3-7,12-13,18,24H,8-11H2,1-2H3. The molecule has 7 heteroatoms. The third kappa shape index (κ3) is 4.04. The van der Waals surface area contributed by atoms with Crippen LogP contribution in [0.4, 0.5) is 10.5 Å². The van der Waals surface area contributed by atoms with Crippen molar-refractivity contribution in [3.8, 4) is 11.5 Å². The maximum absolute atomic E-state index is 13.1. The molecule has 0 radical (unpaired) electrons. The Bertz CT molecular complexity index is 814. The van der Waals surface area contributed by atoms with Crippen LogP contribution in [-0.2, 0) is 0 Å². The minimum atomic E-state index is -0.208. The molecule has 2 aromatic carbocycles. The maximum Gasteiger partial charge on any atom is 0.325 e. The van der Waals surface area contributed by atoms with Gasteiger partial charge in [-0.2, -0.15) is 0 Å². The summed E-state index contributed by atoms with van der Waals surface area (Å²) >= 11 is 3.44. The number of halogens is 1. The largest absolute Gasteiger partial charge is 0.497 e. The van der Waals surface area contributed by atoms with Crippen LogP contribution >= 0.6 is 15.9 Å². The van der Waals surface area contributed by atoms with Gasteiger partial charge in [-0.05, 0) is 52.2 Å². The van der Waals surface area contributed by atoms with Crippen molar-refractivity contribution in [2.24, 2.45) is 0 Å². The molecule has 2 amide bonds. The lowest BCUT2D eigenvalue weighted by molar-refractivity contribution is 0.179. The molecule has 1 unspecified atom stereocenters. The summed E-state index contributed by atoms with van der Waals surface area (Å²) in [5.41, 5.74) is 1.74. The fraction of sp³-hybridized carbons (Fsp3) is 0.350. The topological polar surface area (TPSA) is 62.2 Å². The quantitative estimate of drug-likeness (QED) is 0.718. The molecule has 0 saturated carbocycles. The lowest BCUT2D eigenvalue weighted by Gasteiger charge is -2.28. The van der Waals surface area contributed by atoms with Gasteiger partial charge in [0.25, 0.3) is 0 Å². The van der Waals surface area contributed by atoms with E-state index in [4.69, 9.17) is 9.47 Å². The van der Waals surface area contributed by atoms with Crippen LogP contribution in [0.25, 0.3) is 0 Å². The summed E-state index contributed by atoms with van der Waals surface area (Å²) in [7, 11) is 3.21. The number of anilines is 1. The van der Waals surface area contributed by atoms with Gasteiger partial charge in [-0.3, -0.25) is 4.90 Å². The number of rotatable bonds is 7. The number of urea groups is 1. The van der Waals surface area contributed by atoms with Crippen LogP contribution in [0, 0.1) is 0 Å². The first kappa shape index (κ1) is 19.5. The molecular formula is C20H23BrN2O4. The molecule has 0 bridgehead atoms.